The maximum atomic E-state index is 11.8. The zero-order chi connectivity index (χ0) is 15.8. The molecule has 1 N–H and O–H groups in total. The van der Waals surface area contributed by atoms with Crippen LogP contribution in [-0.2, 0) is 9.53 Å². The molecule has 114 valence electrons. The predicted molar refractivity (Wildman–Crippen MR) is 88.6 cm³/mol. The Morgan fingerprint density at radius 2 is 2.00 bits per heavy atom. The van der Waals surface area contributed by atoms with Crippen LogP contribution < -0.4 is 4.74 Å². The van der Waals surface area contributed by atoms with Crippen molar-refractivity contribution in [3.05, 3.63) is 48.7 Å². The number of aromatic amines is 1. The molecule has 0 unspecified atom stereocenters. The highest BCUT2D eigenvalue weighted by atomic mass is 16.6. The van der Waals surface area contributed by atoms with Crippen LogP contribution in [0.4, 0.5) is 0 Å². The lowest BCUT2D eigenvalue weighted by atomic mass is 10.00. The SMILES string of the molecule is COCC(=O)Oc1cccc2ccc3cc4[nH]ncc4cc3c12. The summed E-state index contributed by atoms with van der Waals surface area (Å²) in [5.41, 5.74) is 0.978. The monoisotopic (exact) mass is 306 g/mol. The van der Waals surface area contributed by atoms with Gasteiger partial charge in [-0.15, -0.1) is 0 Å². The number of esters is 1. The number of rotatable bonds is 3. The molecular weight excluding hydrogens is 292 g/mol. The number of ether oxygens (including phenoxy) is 2. The van der Waals surface area contributed by atoms with Gasteiger partial charge in [0.1, 0.15) is 12.4 Å². The fraction of sp³-hybridized carbons (Fsp3) is 0.111. The van der Waals surface area contributed by atoms with Gasteiger partial charge in [-0.3, -0.25) is 5.10 Å². The molecule has 1 aromatic heterocycles. The molecule has 0 saturated carbocycles. The van der Waals surface area contributed by atoms with Gasteiger partial charge >= 0.3 is 5.97 Å². The van der Waals surface area contributed by atoms with Gasteiger partial charge < -0.3 is 9.47 Å². The second-order valence-electron chi connectivity index (χ2n) is 5.36. The molecule has 0 aliphatic heterocycles. The smallest absolute Gasteiger partial charge is 0.337 e. The van der Waals surface area contributed by atoms with Crippen molar-refractivity contribution in [2.45, 2.75) is 0 Å². The van der Waals surface area contributed by atoms with Crippen molar-refractivity contribution in [3.8, 4) is 5.75 Å². The number of nitrogens with one attached hydrogen (secondary N) is 1. The molecule has 1 heterocycles. The van der Waals surface area contributed by atoms with Gasteiger partial charge in [0.25, 0.3) is 0 Å². The van der Waals surface area contributed by atoms with E-state index in [9.17, 15) is 4.79 Å². The number of carbonyl (C=O) groups is 1. The Morgan fingerprint density at radius 3 is 2.87 bits per heavy atom. The van der Waals surface area contributed by atoms with E-state index in [1.165, 1.54) is 7.11 Å². The molecule has 5 heteroatoms. The fourth-order valence-electron chi connectivity index (χ4n) is 2.87. The van der Waals surface area contributed by atoms with Crippen molar-refractivity contribution in [3.63, 3.8) is 0 Å². The average Bonchev–Trinajstić information content (AvgIpc) is 3.00. The van der Waals surface area contributed by atoms with Gasteiger partial charge in [-0.05, 0) is 34.4 Å². The number of fused-ring (bicyclic) bond motifs is 4. The van der Waals surface area contributed by atoms with Crippen LogP contribution in [0, 0.1) is 0 Å². The predicted octanol–water partition coefficient (Wildman–Crippen LogP) is 3.42. The van der Waals surface area contributed by atoms with E-state index in [2.05, 4.69) is 22.3 Å². The van der Waals surface area contributed by atoms with Crippen LogP contribution in [0.5, 0.6) is 5.75 Å². The number of carbonyl (C=O) groups excluding carboxylic acids is 1. The average molecular weight is 306 g/mol. The molecule has 0 aliphatic carbocycles. The molecule has 23 heavy (non-hydrogen) atoms. The van der Waals surface area contributed by atoms with Crippen molar-refractivity contribution >= 4 is 38.4 Å². The van der Waals surface area contributed by atoms with Crippen molar-refractivity contribution in [1.29, 1.82) is 0 Å². The second-order valence-corrected chi connectivity index (χ2v) is 5.36. The van der Waals surface area contributed by atoms with Crippen LogP contribution in [0.2, 0.25) is 0 Å². The molecular formula is C18H14N2O3. The maximum Gasteiger partial charge on any atom is 0.337 e. The minimum Gasteiger partial charge on any atom is -0.424 e. The van der Waals surface area contributed by atoms with Crippen LogP contribution in [-0.4, -0.2) is 29.9 Å². The van der Waals surface area contributed by atoms with Crippen molar-refractivity contribution in [1.82, 2.24) is 10.2 Å². The Labute approximate surface area is 131 Å². The van der Waals surface area contributed by atoms with Gasteiger partial charge in [0.15, 0.2) is 0 Å². The van der Waals surface area contributed by atoms with Gasteiger partial charge in [-0.2, -0.15) is 5.10 Å². The molecule has 0 aliphatic rings. The topological polar surface area (TPSA) is 64.2 Å². The molecule has 3 aromatic carbocycles. The molecule has 0 radical (unpaired) electrons. The highest BCUT2D eigenvalue weighted by molar-refractivity contribution is 6.14. The van der Waals surface area contributed by atoms with E-state index in [4.69, 9.17) is 9.47 Å². The van der Waals surface area contributed by atoms with Crippen LogP contribution in [0.15, 0.2) is 48.7 Å². The number of hydrogen-bond acceptors (Lipinski definition) is 4. The third-order valence-electron chi connectivity index (χ3n) is 3.87. The largest absolute Gasteiger partial charge is 0.424 e. The number of hydrogen-bond donors (Lipinski definition) is 1. The van der Waals surface area contributed by atoms with Crippen molar-refractivity contribution in [2.75, 3.05) is 13.7 Å². The lowest BCUT2D eigenvalue weighted by molar-refractivity contribution is -0.138. The number of nitrogens with zero attached hydrogens (tertiary/aromatic N) is 1. The molecule has 0 fully saturated rings. The second kappa shape index (κ2) is 5.37. The van der Waals surface area contributed by atoms with Crippen LogP contribution >= 0.6 is 0 Å². The van der Waals surface area contributed by atoms with Crippen LogP contribution in [0.3, 0.4) is 0 Å². The Morgan fingerprint density at radius 1 is 1.13 bits per heavy atom. The number of aromatic nitrogens is 2. The molecule has 0 spiro atoms. The van der Waals surface area contributed by atoms with Gasteiger partial charge in [-0.1, -0.05) is 24.3 Å². The molecule has 4 rings (SSSR count). The molecule has 0 saturated heterocycles. The quantitative estimate of drug-likeness (QED) is 0.358. The van der Waals surface area contributed by atoms with E-state index >= 15 is 0 Å². The van der Waals surface area contributed by atoms with Gasteiger partial charge in [0.05, 0.1) is 11.7 Å². The normalized spacial score (nSPS) is 11.3. The minimum absolute atomic E-state index is 0.0763. The summed E-state index contributed by atoms with van der Waals surface area (Å²) in [4.78, 5) is 11.8. The summed E-state index contributed by atoms with van der Waals surface area (Å²) in [6.07, 6.45) is 1.78. The summed E-state index contributed by atoms with van der Waals surface area (Å²) in [6.45, 7) is -0.0763. The first-order valence-corrected chi connectivity index (χ1v) is 7.24. The zero-order valence-electron chi connectivity index (χ0n) is 12.5. The highest BCUT2D eigenvalue weighted by Crippen LogP contribution is 2.34. The standard InChI is InChI=1S/C18H14N2O3/c1-22-10-17(21)23-16-4-2-3-11-5-6-12-8-15-13(9-19-20-15)7-14(12)18(11)16/h2-9H,10H2,1H3,(H,19,20). The summed E-state index contributed by atoms with van der Waals surface area (Å²) in [6, 6.07) is 13.9. The first kappa shape index (κ1) is 13.7. The van der Waals surface area contributed by atoms with E-state index in [0.29, 0.717) is 5.75 Å². The molecule has 4 aromatic rings. The summed E-state index contributed by atoms with van der Waals surface area (Å²) >= 11 is 0. The van der Waals surface area contributed by atoms with Crippen LogP contribution in [0.25, 0.3) is 32.4 Å². The molecule has 0 atom stereocenters. The minimum atomic E-state index is -0.415. The summed E-state index contributed by atoms with van der Waals surface area (Å²) < 4.78 is 10.3. The molecule has 5 nitrogen and oxygen atoms in total. The Balaban J connectivity index is 2.00. The number of benzene rings is 3. The van der Waals surface area contributed by atoms with E-state index in [1.54, 1.807) is 12.3 Å². The lowest BCUT2D eigenvalue weighted by Gasteiger charge is -2.10. The summed E-state index contributed by atoms with van der Waals surface area (Å²) in [5.74, 6) is 0.124. The van der Waals surface area contributed by atoms with Crippen molar-refractivity contribution < 1.29 is 14.3 Å². The van der Waals surface area contributed by atoms with E-state index in [-0.39, 0.29) is 6.61 Å². The van der Waals surface area contributed by atoms with E-state index in [0.717, 1.165) is 32.4 Å². The lowest BCUT2D eigenvalue weighted by Crippen LogP contribution is -2.14. The third kappa shape index (κ3) is 2.31. The Kier molecular flexibility index (Phi) is 3.20. The summed E-state index contributed by atoms with van der Waals surface area (Å²) in [5, 5.41) is 12.1. The Hall–Kier alpha value is -2.92. The van der Waals surface area contributed by atoms with E-state index in [1.807, 2.05) is 24.3 Å². The first-order chi connectivity index (χ1) is 11.3. The maximum absolute atomic E-state index is 11.8. The number of methoxy groups -OCH3 is 1. The van der Waals surface area contributed by atoms with Gasteiger partial charge in [0.2, 0.25) is 0 Å². The van der Waals surface area contributed by atoms with E-state index < -0.39 is 5.97 Å². The number of H-pyrrole nitrogens is 1. The fourth-order valence-corrected chi connectivity index (χ4v) is 2.87. The van der Waals surface area contributed by atoms with Gasteiger partial charge in [0, 0.05) is 17.9 Å². The third-order valence-corrected chi connectivity index (χ3v) is 3.87. The molecule has 0 amide bonds. The first-order valence-electron chi connectivity index (χ1n) is 7.24. The summed E-state index contributed by atoms with van der Waals surface area (Å²) in [7, 11) is 1.47. The Bertz CT molecular complexity index is 1040. The highest BCUT2D eigenvalue weighted by Gasteiger charge is 2.11. The van der Waals surface area contributed by atoms with Gasteiger partial charge in [-0.25, -0.2) is 4.79 Å². The van der Waals surface area contributed by atoms with Crippen molar-refractivity contribution in [2.24, 2.45) is 0 Å². The molecule has 0 bridgehead atoms. The van der Waals surface area contributed by atoms with Crippen LogP contribution in [0.1, 0.15) is 0 Å². The zero-order valence-corrected chi connectivity index (χ0v) is 12.5.